The van der Waals surface area contributed by atoms with E-state index in [1.807, 2.05) is 6.07 Å². The van der Waals surface area contributed by atoms with E-state index in [9.17, 15) is 15.4 Å². The van der Waals surface area contributed by atoms with Gasteiger partial charge in [-0.2, -0.15) is 15.3 Å². The minimum Gasteiger partial charge on any atom is -0.471 e. The third-order valence-corrected chi connectivity index (χ3v) is 3.39. The van der Waals surface area contributed by atoms with Crippen LogP contribution < -0.4 is 16.2 Å². The summed E-state index contributed by atoms with van der Waals surface area (Å²) in [6.45, 7) is 0.00400. The summed E-state index contributed by atoms with van der Waals surface area (Å²) in [5.41, 5.74) is 12.2. The third kappa shape index (κ3) is 3.34. The van der Waals surface area contributed by atoms with Gasteiger partial charge in [-0.1, -0.05) is 0 Å². The van der Waals surface area contributed by atoms with Crippen LogP contribution in [0, 0.1) is 21.4 Å². The molecule has 0 saturated carbocycles. The molecule has 3 aromatic rings. The molecule has 0 aliphatic carbocycles. The highest BCUT2D eigenvalue weighted by Gasteiger charge is 2.13. The summed E-state index contributed by atoms with van der Waals surface area (Å²) in [7, 11) is 0. The van der Waals surface area contributed by atoms with Crippen LogP contribution >= 0.6 is 0 Å². The van der Waals surface area contributed by atoms with Crippen LogP contribution in [0.2, 0.25) is 0 Å². The van der Waals surface area contributed by atoms with Crippen LogP contribution in [0.25, 0.3) is 11.3 Å². The summed E-state index contributed by atoms with van der Waals surface area (Å²) in [6.07, 6.45) is 2.40. The second-order valence-corrected chi connectivity index (χ2v) is 5.10. The molecule has 0 fully saturated rings. The number of rotatable bonds is 5. The Morgan fingerprint density at radius 3 is 2.62 bits per heavy atom. The van der Waals surface area contributed by atoms with E-state index in [-0.39, 0.29) is 29.7 Å². The minimum atomic E-state index is -0.538. The van der Waals surface area contributed by atoms with E-state index in [1.165, 1.54) is 10.9 Å². The zero-order valence-electron chi connectivity index (χ0n) is 13.2. The zero-order chi connectivity index (χ0) is 18.7. The van der Waals surface area contributed by atoms with E-state index in [0.717, 1.165) is 6.20 Å². The maximum absolute atomic E-state index is 10.6. The SMILES string of the molecule is N#Cc1c(N)nc(N)nc1-c1ccc(OCn2cc([N+](=O)[O-])cn2)cc1. The number of aromatic nitrogens is 4. The van der Waals surface area contributed by atoms with E-state index >= 15 is 0 Å². The molecule has 2 heterocycles. The fourth-order valence-corrected chi connectivity index (χ4v) is 2.18. The third-order valence-electron chi connectivity index (χ3n) is 3.39. The molecule has 2 aromatic heterocycles. The molecular formula is C15H12N8O3. The summed E-state index contributed by atoms with van der Waals surface area (Å²) in [5.74, 6) is 0.480. The highest BCUT2D eigenvalue weighted by atomic mass is 16.6. The van der Waals surface area contributed by atoms with Crippen molar-refractivity contribution >= 4 is 17.5 Å². The quantitative estimate of drug-likeness (QED) is 0.507. The molecule has 0 unspecified atom stereocenters. The first-order valence-electron chi connectivity index (χ1n) is 7.21. The fraction of sp³-hybridized carbons (Fsp3) is 0.0667. The van der Waals surface area contributed by atoms with E-state index in [4.69, 9.17) is 16.2 Å². The van der Waals surface area contributed by atoms with E-state index in [2.05, 4.69) is 15.1 Å². The first-order valence-corrected chi connectivity index (χ1v) is 7.21. The summed E-state index contributed by atoms with van der Waals surface area (Å²) >= 11 is 0. The predicted molar refractivity (Wildman–Crippen MR) is 90.5 cm³/mol. The van der Waals surface area contributed by atoms with Gasteiger partial charge in [-0.05, 0) is 24.3 Å². The smallest absolute Gasteiger partial charge is 0.307 e. The Balaban J connectivity index is 1.77. The second-order valence-electron chi connectivity index (χ2n) is 5.10. The number of nitro groups is 1. The van der Waals surface area contributed by atoms with Gasteiger partial charge in [-0.3, -0.25) is 10.1 Å². The van der Waals surface area contributed by atoms with Crippen LogP contribution in [0.15, 0.2) is 36.7 Å². The molecule has 3 rings (SSSR count). The summed E-state index contributed by atoms with van der Waals surface area (Å²) < 4.78 is 6.81. The number of nitriles is 1. The lowest BCUT2D eigenvalue weighted by atomic mass is 10.1. The monoisotopic (exact) mass is 352 g/mol. The van der Waals surface area contributed by atoms with Crippen LogP contribution in [0.1, 0.15) is 5.56 Å². The molecule has 0 radical (unpaired) electrons. The molecule has 26 heavy (non-hydrogen) atoms. The zero-order valence-corrected chi connectivity index (χ0v) is 13.2. The molecule has 4 N–H and O–H groups in total. The predicted octanol–water partition coefficient (Wildman–Crippen LogP) is 1.32. The molecule has 1 aromatic carbocycles. The highest BCUT2D eigenvalue weighted by molar-refractivity contribution is 5.73. The molecule has 0 aliphatic heterocycles. The summed E-state index contributed by atoms with van der Waals surface area (Å²) in [4.78, 5) is 17.9. The number of nitrogens with zero attached hydrogens (tertiary/aromatic N) is 6. The van der Waals surface area contributed by atoms with Crippen LogP contribution in [0.4, 0.5) is 17.5 Å². The van der Waals surface area contributed by atoms with Crippen LogP contribution in [0.5, 0.6) is 5.75 Å². The Kier molecular flexibility index (Phi) is 4.31. The van der Waals surface area contributed by atoms with Gasteiger partial charge in [0.2, 0.25) is 5.95 Å². The highest BCUT2D eigenvalue weighted by Crippen LogP contribution is 2.27. The molecule has 0 saturated heterocycles. The van der Waals surface area contributed by atoms with Crippen molar-refractivity contribution < 1.29 is 9.66 Å². The average molecular weight is 352 g/mol. The average Bonchev–Trinajstić information content (AvgIpc) is 3.09. The van der Waals surface area contributed by atoms with Crippen molar-refractivity contribution in [2.24, 2.45) is 0 Å². The lowest BCUT2D eigenvalue weighted by Gasteiger charge is -2.09. The number of hydrogen-bond acceptors (Lipinski definition) is 9. The van der Waals surface area contributed by atoms with Gasteiger partial charge in [0.25, 0.3) is 0 Å². The second kappa shape index (κ2) is 6.73. The van der Waals surface area contributed by atoms with Crippen molar-refractivity contribution in [1.29, 1.82) is 5.26 Å². The Bertz CT molecular complexity index is 1010. The first-order chi connectivity index (χ1) is 12.5. The van der Waals surface area contributed by atoms with Gasteiger partial charge >= 0.3 is 5.69 Å². The van der Waals surface area contributed by atoms with Crippen molar-refractivity contribution in [2.75, 3.05) is 11.5 Å². The van der Waals surface area contributed by atoms with Crippen LogP contribution in [0.3, 0.4) is 0 Å². The molecule has 0 spiro atoms. The van der Waals surface area contributed by atoms with Crippen LogP contribution in [-0.4, -0.2) is 24.7 Å². The van der Waals surface area contributed by atoms with Crippen molar-refractivity contribution in [2.45, 2.75) is 6.73 Å². The summed E-state index contributed by atoms with van der Waals surface area (Å²) in [5, 5.41) is 23.7. The molecule has 11 heteroatoms. The molecule has 0 amide bonds. The lowest BCUT2D eigenvalue weighted by Crippen LogP contribution is -2.06. The molecule has 0 aliphatic rings. The van der Waals surface area contributed by atoms with E-state index in [0.29, 0.717) is 17.0 Å². The number of benzene rings is 1. The van der Waals surface area contributed by atoms with Gasteiger partial charge in [0.05, 0.1) is 10.6 Å². The van der Waals surface area contributed by atoms with Gasteiger partial charge < -0.3 is 16.2 Å². The summed E-state index contributed by atoms with van der Waals surface area (Å²) in [6, 6.07) is 8.64. The minimum absolute atomic E-state index is 0.00400. The standard InChI is InChI=1S/C15H12N8O3/c16-5-12-13(20-15(18)21-14(12)17)9-1-3-11(4-2-9)26-8-22-7-10(6-19-22)23(24)25/h1-4,6-7H,8H2,(H4,17,18,20,21). The number of hydrogen-bond donors (Lipinski definition) is 2. The Labute approximate surface area is 146 Å². The largest absolute Gasteiger partial charge is 0.471 e. The van der Waals surface area contributed by atoms with Crippen molar-refractivity contribution in [3.05, 3.63) is 52.3 Å². The number of anilines is 2. The molecule has 0 atom stereocenters. The maximum atomic E-state index is 10.6. The molecular weight excluding hydrogens is 340 g/mol. The molecule has 0 bridgehead atoms. The van der Waals surface area contributed by atoms with E-state index in [1.54, 1.807) is 24.3 Å². The number of nitrogens with two attached hydrogens (primary N) is 2. The van der Waals surface area contributed by atoms with Crippen molar-refractivity contribution in [3.63, 3.8) is 0 Å². The Hall–Kier alpha value is -4.20. The van der Waals surface area contributed by atoms with Gasteiger partial charge in [0.15, 0.2) is 6.73 Å². The first kappa shape index (κ1) is 16.7. The molecule has 130 valence electrons. The Morgan fingerprint density at radius 1 is 1.27 bits per heavy atom. The van der Waals surface area contributed by atoms with Gasteiger partial charge in [-0.15, -0.1) is 0 Å². The fourth-order valence-electron chi connectivity index (χ4n) is 2.18. The Morgan fingerprint density at radius 2 is 2.00 bits per heavy atom. The number of ether oxygens (including phenoxy) is 1. The topological polar surface area (TPSA) is 172 Å². The van der Waals surface area contributed by atoms with Crippen molar-refractivity contribution in [3.8, 4) is 23.1 Å². The van der Waals surface area contributed by atoms with E-state index < -0.39 is 4.92 Å². The van der Waals surface area contributed by atoms with Crippen LogP contribution in [-0.2, 0) is 6.73 Å². The maximum Gasteiger partial charge on any atom is 0.307 e. The lowest BCUT2D eigenvalue weighted by molar-refractivity contribution is -0.385. The molecule has 11 nitrogen and oxygen atoms in total. The van der Waals surface area contributed by atoms with Gasteiger partial charge in [0.1, 0.15) is 35.6 Å². The number of nitrogen functional groups attached to an aromatic ring is 2. The van der Waals surface area contributed by atoms with Crippen molar-refractivity contribution in [1.82, 2.24) is 19.7 Å². The normalized spacial score (nSPS) is 10.3. The van der Waals surface area contributed by atoms with Gasteiger partial charge in [0, 0.05) is 5.56 Å². The van der Waals surface area contributed by atoms with Gasteiger partial charge in [-0.25, -0.2) is 9.67 Å².